The number of rotatable bonds is 4. The highest BCUT2D eigenvalue weighted by Gasteiger charge is 2.10. The molecule has 0 amide bonds. The van der Waals surface area contributed by atoms with Crippen LogP contribution in [-0.4, -0.2) is 0 Å². The zero-order valence-corrected chi connectivity index (χ0v) is 10.5. The van der Waals surface area contributed by atoms with Crippen LogP contribution in [0.15, 0.2) is 42.5 Å². The van der Waals surface area contributed by atoms with Crippen molar-refractivity contribution in [2.24, 2.45) is 0 Å². The molecule has 0 aliphatic heterocycles. The second-order valence-corrected chi connectivity index (χ2v) is 4.35. The minimum atomic E-state index is -0.571. The van der Waals surface area contributed by atoms with Crippen molar-refractivity contribution in [1.29, 1.82) is 0 Å². The zero-order chi connectivity index (χ0) is 13.8. The van der Waals surface area contributed by atoms with Crippen LogP contribution in [0.2, 0.25) is 0 Å². The van der Waals surface area contributed by atoms with Gasteiger partial charge in [-0.25, -0.2) is 13.2 Å². The summed E-state index contributed by atoms with van der Waals surface area (Å²) in [6.07, 6.45) is 0. The van der Waals surface area contributed by atoms with Gasteiger partial charge >= 0.3 is 0 Å². The Morgan fingerprint density at radius 1 is 0.947 bits per heavy atom. The minimum Gasteiger partial charge on any atom is -0.306 e. The molecule has 1 nitrogen and oxygen atoms in total. The smallest absolute Gasteiger partial charge is 0.130 e. The Kier molecular flexibility index (Phi) is 4.22. The third kappa shape index (κ3) is 3.35. The maximum atomic E-state index is 13.4. The summed E-state index contributed by atoms with van der Waals surface area (Å²) in [5.74, 6) is -1.45. The molecule has 0 spiro atoms. The molecule has 0 saturated carbocycles. The van der Waals surface area contributed by atoms with Gasteiger partial charge < -0.3 is 5.32 Å². The lowest BCUT2D eigenvalue weighted by molar-refractivity contribution is 0.508. The first-order valence-electron chi connectivity index (χ1n) is 5.99. The predicted octanol–water partition coefficient (Wildman–Crippen LogP) is 3.95. The first kappa shape index (κ1) is 13.6. The Labute approximate surface area is 110 Å². The van der Waals surface area contributed by atoms with Crippen LogP contribution < -0.4 is 5.32 Å². The summed E-state index contributed by atoms with van der Waals surface area (Å²) in [5.41, 5.74) is 0.870. The summed E-state index contributed by atoms with van der Waals surface area (Å²) in [6.45, 7) is 1.93. The largest absolute Gasteiger partial charge is 0.306 e. The van der Waals surface area contributed by atoms with Crippen LogP contribution in [0, 0.1) is 17.5 Å². The first-order chi connectivity index (χ1) is 9.08. The SMILES string of the molecule is C[C@H](NCc1c(F)cccc1F)c1ccc(F)cc1. The number of nitrogens with one attached hydrogen (secondary N) is 1. The summed E-state index contributed by atoms with van der Waals surface area (Å²) in [5, 5.41) is 3.01. The Morgan fingerprint density at radius 2 is 1.53 bits per heavy atom. The number of halogens is 3. The normalized spacial score (nSPS) is 12.4. The molecule has 0 saturated heterocycles. The van der Waals surface area contributed by atoms with E-state index in [1.165, 1.54) is 30.3 Å². The van der Waals surface area contributed by atoms with E-state index in [2.05, 4.69) is 5.32 Å². The summed E-state index contributed by atoms with van der Waals surface area (Å²) >= 11 is 0. The lowest BCUT2D eigenvalue weighted by Gasteiger charge is -2.15. The summed E-state index contributed by atoms with van der Waals surface area (Å²) in [6, 6.07) is 9.66. The van der Waals surface area contributed by atoms with E-state index in [-0.39, 0.29) is 24.0 Å². The van der Waals surface area contributed by atoms with Crippen molar-refractivity contribution in [1.82, 2.24) is 5.32 Å². The lowest BCUT2D eigenvalue weighted by atomic mass is 10.1. The number of hydrogen-bond donors (Lipinski definition) is 1. The van der Waals surface area contributed by atoms with E-state index in [0.29, 0.717) is 0 Å². The highest BCUT2D eigenvalue weighted by molar-refractivity contribution is 5.22. The molecule has 2 aromatic carbocycles. The van der Waals surface area contributed by atoms with Gasteiger partial charge in [-0.1, -0.05) is 18.2 Å². The van der Waals surface area contributed by atoms with Crippen LogP contribution in [0.4, 0.5) is 13.2 Å². The molecule has 0 radical (unpaired) electrons. The van der Waals surface area contributed by atoms with E-state index >= 15 is 0 Å². The Bertz CT molecular complexity index is 532. The van der Waals surface area contributed by atoms with Crippen molar-refractivity contribution < 1.29 is 13.2 Å². The predicted molar refractivity (Wildman–Crippen MR) is 68.0 cm³/mol. The van der Waals surface area contributed by atoms with Crippen LogP contribution in [0.1, 0.15) is 24.1 Å². The van der Waals surface area contributed by atoms with Crippen LogP contribution in [0.3, 0.4) is 0 Å². The molecule has 100 valence electrons. The number of benzene rings is 2. The Morgan fingerprint density at radius 3 is 2.11 bits per heavy atom. The minimum absolute atomic E-state index is 0.0106. The van der Waals surface area contributed by atoms with Crippen LogP contribution in [0.5, 0.6) is 0 Å². The Balaban J connectivity index is 2.04. The maximum Gasteiger partial charge on any atom is 0.130 e. The van der Waals surface area contributed by atoms with E-state index in [9.17, 15) is 13.2 Å². The quantitative estimate of drug-likeness (QED) is 0.882. The first-order valence-corrected chi connectivity index (χ1v) is 5.99. The highest BCUT2D eigenvalue weighted by Crippen LogP contribution is 2.16. The molecule has 0 unspecified atom stereocenters. The maximum absolute atomic E-state index is 13.4. The topological polar surface area (TPSA) is 12.0 Å². The molecule has 0 aliphatic carbocycles. The van der Waals surface area contributed by atoms with Crippen LogP contribution in [0.25, 0.3) is 0 Å². The zero-order valence-electron chi connectivity index (χ0n) is 10.5. The van der Waals surface area contributed by atoms with Gasteiger partial charge in [0.05, 0.1) is 0 Å². The fourth-order valence-corrected chi connectivity index (χ4v) is 1.83. The summed E-state index contributed by atoms with van der Waals surface area (Å²) < 4.78 is 39.6. The molecule has 0 bridgehead atoms. The van der Waals surface area contributed by atoms with Crippen molar-refractivity contribution in [3.05, 3.63) is 71.0 Å². The average Bonchev–Trinajstić information content (AvgIpc) is 2.38. The lowest BCUT2D eigenvalue weighted by Crippen LogP contribution is -2.19. The third-order valence-corrected chi connectivity index (χ3v) is 3.02. The van der Waals surface area contributed by atoms with Gasteiger partial charge in [0.1, 0.15) is 17.5 Å². The standard InChI is InChI=1S/C15H14F3N/c1-10(11-5-7-12(16)8-6-11)19-9-13-14(17)3-2-4-15(13)18/h2-8,10,19H,9H2,1H3/t10-/m0/s1. The molecule has 19 heavy (non-hydrogen) atoms. The van der Waals surface area contributed by atoms with E-state index in [1.807, 2.05) is 6.92 Å². The van der Waals surface area contributed by atoms with Gasteiger partial charge in [0.25, 0.3) is 0 Å². The molecule has 1 atom stereocenters. The second-order valence-electron chi connectivity index (χ2n) is 4.35. The Hall–Kier alpha value is -1.81. The van der Waals surface area contributed by atoms with Crippen molar-refractivity contribution in [2.75, 3.05) is 0 Å². The van der Waals surface area contributed by atoms with Crippen molar-refractivity contribution in [2.45, 2.75) is 19.5 Å². The average molecular weight is 265 g/mol. The van der Waals surface area contributed by atoms with Crippen LogP contribution >= 0.6 is 0 Å². The third-order valence-electron chi connectivity index (χ3n) is 3.02. The van der Waals surface area contributed by atoms with Gasteiger partial charge in [-0.3, -0.25) is 0 Å². The molecule has 4 heteroatoms. The van der Waals surface area contributed by atoms with Gasteiger partial charge in [0, 0.05) is 18.2 Å². The van der Waals surface area contributed by atoms with Gasteiger partial charge in [0.2, 0.25) is 0 Å². The molecule has 0 fully saturated rings. The van der Waals surface area contributed by atoms with Crippen molar-refractivity contribution in [3.8, 4) is 0 Å². The molecule has 2 aromatic rings. The summed E-state index contributed by atoms with van der Waals surface area (Å²) in [7, 11) is 0. The van der Waals surface area contributed by atoms with E-state index in [4.69, 9.17) is 0 Å². The fourth-order valence-electron chi connectivity index (χ4n) is 1.83. The molecule has 2 rings (SSSR count). The second kappa shape index (κ2) is 5.89. The summed E-state index contributed by atoms with van der Waals surface area (Å²) in [4.78, 5) is 0. The van der Waals surface area contributed by atoms with Gasteiger partial charge in [-0.2, -0.15) is 0 Å². The van der Waals surface area contributed by atoms with Gasteiger partial charge in [-0.05, 0) is 36.8 Å². The van der Waals surface area contributed by atoms with Gasteiger partial charge in [0.15, 0.2) is 0 Å². The van der Waals surface area contributed by atoms with E-state index in [1.54, 1.807) is 12.1 Å². The monoisotopic (exact) mass is 265 g/mol. The molecular formula is C15H14F3N. The van der Waals surface area contributed by atoms with Gasteiger partial charge in [-0.15, -0.1) is 0 Å². The van der Waals surface area contributed by atoms with E-state index < -0.39 is 11.6 Å². The molecule has 0 heterocycles. The number of hydrogen-bond acceptors (Lipinski definition) is 1. The fraction of sp³-hybridized carbons (Fsp3) is 0.200. The van der Waals surface area contributed by atoms with Crippen molar-refractivity contribution >= 4 is 0 Å². The van der Waals surface area contributed by atoms with Crippen LogP contribution in [-0.2, 0) is 6.54 Å². The van der Waals surface area contributed by atoms with E-state index in [0.717, 1.165) is 5.56 Å². The van der Waals surface area contributed by atoms with Crippen molar-refractivity contribution in [3.63, 3.8) is 0 Å². The highest BCUT2D eigenvalue weighted by atomic mass is 19.1. The molecule has 0 aromatic heterocycles. The molecular weight excluding hydrogens is 251 g/mol. The molecule has 0 aliphatic rings. The molecule has 1 N–H and O–H groups in total.